The number of benzene rings is 3. The van der Waals surface area contributed by atoms with E-state index in [0.29, 0.717) is 6.54 Å². The maximum Gasteiger partial charge on any atom is 0.412 e. The molecule has 0 radical (unpaired) electrons. The number of nitrogens with one attached hydrogen (secondary N) is 1. The minimum Gasteiger partial charge on any atom is -0.444 e. The van der Waals surface area contributed by atoms with Gasteiger partial charge < -0.3 is 20.7 Å². The molecule has 1 atom stereocenters. The summed E-state index contributed by atoms with van der Waals surface area (Å²) in [6.45, 7) is 0.820. The molecular weight excluding hydrogens is 463 g/mol. The molecule has 9 heteroatoms. The van der Waals surface area contributed by atoms with Crippen LogP contribution in [0.3, 0.4) is 0 Å². The fraction of sp³-hybridized carbons (Fsp3) is 0.222. The summed E-state index contributed by atoms with van der Waals surface area (Å²) in [5, 5.41) is 2.81. The lowest BCUT2D eigenvalue weighted by molar-refractivity contribution is -0.128. The number of carbonyl (C=O) groups is 3. The normalized spacial score (nSPS) is 15.0. The van der Waals surface area contributed by atoms with Gasteiger partial charge in [-0.1, -0.05) is 54.6 Å². The second-order valence-corrected chi connectivity index (χ2v) is 8.35. The second kappa shape index (κ2) is 11.5. The highest BCUT2D eigenvalue weighted by Crippen LogP contribution is 2.21. The van der Waals surface area contributed by atoms with Gasteiger partial charge in [0.15, 0.2) is 6.17 Å². The van der Waals surface area contributed by atoms with Crippen LogP contribution in [0.15, 0.2) is 78.9 Å². The number of rotatable bonds is 7. The average molecular weight is 491 g/mol. The van der Waals surface area contributed by atoms with E-state index in [4.69, 9.17) is 10.5 Å². The zero-order valence-electron chi connectivity index (χ0n) is 19.6. The van der Waals surface area contributed by atoms with Gasteiger partial charge in [0.05, 0.1) is 0 Å². The van der Waals surface area contributed by atoms with Crippen LogP contribution in [0.2, 0.25) is 0 Å². The van der Waals surface area contributed by atoms with Gasteiger partial charge in [-0.3, -0.25) is 14.5 Å². The van der Waals surface area contributed by atoms with Gasteiger partial charge in [-0.15, -0.1) is 0 Å². The van der Waals surface area contributed by atoms with Crippen LogP contribution in [0.1, 0.15) is 27.0 Å². The summed E-state index contributed by atoms with van der Waals surface area (Å²) in [7, 11) is 0. The molecule has 3 N–H and O–H groups in total. The summed E-state index contributed by atoms with van der Waals surface area (Å²) in [5.41, 5.74) is 8.46. The molecule has 0 aromatic heterocycles. The van der Waals surface area contributed by atoms with Crippen molar-refractivity contribution in [2.75, 3.05) is 13.1 Å². The molecule has 3 amide bonds. The Morgan fingerprint density at radius 3 is 2.28 bits per heavy atom. The highest BCUT2D eigenvalue weighted by Gasteiger charge is 2.43. The molecular formula is C27H27FN4O4. The summed E-state index contributed by atoms with van der Waals surface area (Å²) >= 11 is 0. The molecule has 3 aromatic carbocycles. The lowest BCUT2D eigenvalue weighted by Gasteiger charge is -2.28. The Kier molecular flexibility index (Phi) is 7.92. The smallest absolute Gasteiger partial charge is 0.412 e. The molecule has 1 saturated heterocycles. The van der Waals surface area contributed by atoms with Crippen molar-refractivity contribution in [2.45, 2.75) is 25.9 Å². The van der Waals surface area contributed by atoms with E-state index in [9.17, 15) is 18.8 Å². The molecule has 186 valence electrons. The number of carbonyl (C=O) groups excluding carboxylic acids is 3. The van der Waals surface area contributed by atoms with Crippen LogP contribution >= 0.6 is 0 Å². The molecule has 36 heavy (non-hydrogen) atoms. The van der Waals surface area contributed by atoms with Gasteiger partial charge in [0, 0.05) is 31.7 Å². The minimum absolute atomic E-state index is 0.0301. The number of hydrogen-bond acceptors (Lipinski definition) is 5. The van der Waals surface area contributed by atoms with Crippen LogP contribution in [0.4, 0.5) is 9.18 Å². The lowest BCUT2D eigenvalue weighted by atomic mass is 10.1. The zero-order valence-corrected chi connectivity index (χ0v) is 19.6. The average Bonchev–Trinajstić information content (AvgIpc) is 3.36. The molecule has 1 heterocycles. The lowest BCUT2D eigenvalue weighted by Crippen LogP contribution is -2.53. The van der Waals surface area contributed by atoms with Gasteiger partial charge in [-0.2, -0.15) is 0 Å². The molecule has 3 aromatic rings. The molecule has 0 bridgehead atoms. The highest BCUT2D eigenvalue weighted by atomic mass is 19.1. The monoisotopic (exact) mass is 490 g/mol. The maximum absolute atomic E-state index is 13.4. The SMILES string of the molecule is NCc1cccc(CNC(=O)C2N(C(=O)OCc3ccccc3)CCN2C(=O)c2ccc(F)cc2)c1. The first-order chi connectivity index (χ1) is 17.5. The Bertz CT molecular complexity index is 1220. The van der Waals surface area contributed by atoms with E-state index in [2.05, 4.69) is 5.32 Å². The van der Waals surface area contributed by atoms with Crippen molar-refractivity contribution in [3.63, 3.8) is 0 Å². The van der Waals surface area contributed by atoms with E-state index in [1.165, 1.54) is 34.1 Å². The summed E-state index contributed by atoms with van der Waals surface area (Å²) in [6, 6.07) is 21.7. The molecule has 1 fully saturated rings. The topological polar surface area (TPSA) is 105 Å². The fourth-order valence-corrected chi connectivity index (χ4v) is 4.02. The zero-order chi connectivity index (χ0) is 25.5. The van der Waals surface area contributed by atoms with E-state index in [1.54, 1.807) is 0 Å². The molecule has 4 rings (SSSR count). The third-order valence-electron chi connectivity index (χ3n) is 5.89. The van der Waals surface area contributed by atoms with Crippen LogP contribution in [0.25, 0.3) is 0 Å². The number of halogens is 1. The van der Waals surface area contributed by atoms with Gasteiger partial charge >= 0.3 is 6.09 Å². The minimum atomic E-state index is -1.22. The largest absolute Gasteiger partial charge is 0.444 e. The Hall–Kier alpha value is -4.24. The van der Waals surface area contributed by atoms with Crippen molar-refractivity contribution in [2.24, 2.45) is 5.73 Å². The first-order valence-electron chi connectivity index (χ1n) is 11.6. The Labute approximate surface area is 208 Å². The molecule has 8 nitrogen and oxygen atoms in total. The van der Waals surface area contributed by atoms with Crippen LogP contribution in [0, 0.1) is 5.82 Å². The quantitative estimate of drug-likeness (QED) is 0.530. The van der Waals surface area contributed by atoms with Crippen LogP contribution in [0.5, 0.6) is 0 Å². The van der Waals surface area contributed by atoms with E-state index < -0.39 is 29.9 Å². The maximum atomic E-state index is 13.4. The van der Waals surface area contributed by atoms with E-state index in [0.717, 1.165) is 16.7 Å². The van der Waals surface area contributed by atoms with Crippen molar-refractivity contribution >= 4 is 17.9 Å². The van der Waals surface area contributed by atoms with Crippen molar-refractivity contribution < 1.29 is 23.5 Å². The van der Waals surface area contributed by atoms with Crippen LogP contribution < -0.4 is 11.1 Å². The Balaban J connectivity index is 1.52. The molecule has 0 spiro atoms. The van der Waals surface area contributed by atoms with E-state index in [-0.39, 0.29) is 31.8 Å². The van der Waals surface area contributed by atoms with Gasteiger partial charge in [-0.05, 0) is 41.0 Å². The number of amides is 3. The van der Waals surface area contributed by atoms with Crippen molar-refractivity contribution in [1.82, 2.24) is 15.1 Å². The van der Waals surface area contributed by atoms with Gasteiger partial charge in [0.1, 0.15) is 12.4 Å². The second-order valence-electron chi connectivity index (χ2n) is 8.35. The van der Waals surface area contributed by atoms with Gasteiger partial charge in [0.25, 0.3) is 11.8 Å². The molecule has 0 saturated carbocycles. The summed E-state index contributed by atoms with van der Waals surface area (Å²) in [6.07, 6.45) is -1.93. The Morgan fingerprint density at radius 2 is 1.56 bits per heavy atom. The summed E-state index contributed by atoms with van der Waals surface area (Å²) < 4.78 is 18.8. The van der Waals surface area contributed by atoms with Gasteiger partial charge in [0.2, 0.25) is 0 Å². The van der Waals surface area contributed by atoms with Crippen molar-refractivity contribution in [3.8, 4) is 0 Å². The van der Waals surface area contributed by atoms with Crippen LogP contribution in [-0.4, -0.2) is 47.0 Å². The number of nitrogens with zero attached hydrogens (tertiary/aromatic N) is 2. The third-order valence-corrected chi connectivity index (χ3v) is 5.89. The predicted octanol–water partition coefficient (Wildman–Crippen LogP) is 3.02. The van der Waals surface area contributed by atoms with E-state index in [1.807, 2.05) is 54.6 Å². The molecule has 1 aliphatic heterocycles. The predicted molar refractivity (Wildman–Crippen MR) is 131 cm³/mol. The summed E-state index contributed by atoms with van der Waals surface area (Å²) in [5.74, 6) is -1.50. The third kappa shape index (κ3) is 5.87. The summed E-state index contributed by atoms with van der Waals surface area (Å²) in [4.78, 5) is 42.0. The van der Waals surface area contributed by atoms with Crippen molar-refractivity contribution in [1.29, 1.82) is 0 Å². The number of hydrogen-bond donors (Lipinski definition) is 2. The number of ether oxygens (including phenoxy) is 1. The Morgan fingerprint density at radius 1 is 0.889 bits per heavy atom. The molecule has 1 unspecified atom stereocenters. The number of nitrogens with two attached hydrogens (primary N) is 1. The van der Waals surface area contributed by atoms with E-state index >= 15 is 0 Å². The first-order valence-corrected chi connectivity index (χ1v) is 11.6. The van der Waals surface area contributed by atoms with Crippen LogP contribution in [-0.2, 0) is 29.2 Å². The molecule has 0 aliphatic carbocycles. The standard InChI is InChI=1S/C27H27FN4O4/c28-23-11-9-22(10-12-23)26(34)31-13-14-32(27(35)36-18-19-5-2-1-3-6-19)25(31)24(33)30-17-21-8-4-7-20(15-21)16-29/h1-12,15,25H,13-14,16-18,29H2,(H,30,33). The van der Waals surface area contributed by atoms with Gasteiger partial charge in [-0.25, -0.2) is 9.18 Å². The fourth-order valence-electron chi connectivity index (χ4n) is 4.02. The highest BCUT2D eigenvalue weighted by molar-refractivity contribution is 5.98. The first kappa shape index (κ1) is 24.9. The molecule has 1 aliphatic rings. The van der Waals surface area contributed by atoms with Crippen molar-refractivity contribution in [3.05, 3.63) is 107 Å².